The Hall–Kier alpha value is -1.73. The van der Waals surface area contributed by atoms with E-state index < -0.39 is 0 Å². The number of carbonyl (C=O) groups excluding carboxylic acids is 1. The molecule has 2 aromatic rings. The molecule has 7 heteroatoms. The molecule has 0 aromatic carbocycles. The van der Waals surface area contributed by atoms with E-state index in [1.807, 2.05) is 13.0 Å². The highest BCUT2D eigenvalue weighted by Crippen LogP contribution is 2.14. The number of amides is 1. The molecule has 0 radical (unpaired) electrons. The van der Waals surface area contributed by atoms with Crippen LogP contribution in [0.1, 0.15) is 5.56 Å². The molecule has 0 fully saturated rings. The zero-order valence-corrected chi connectivity index (χ0v) is 11.7. The highest BCUT2D eigenvalue weighted by Gasteiger charge is 2.10. The number of hydrogen-bond donors (Lipinski definition) is 2. The van der Waals surface area contributed by atoms with E-state index in [-0.39, 0.29) is 12.5 Å². The number of imidazole rings is 1. The summed E-state index contributed by atoms with van der Waals surface area (Å²) in [6.45, 7) is 3.09. The molecule has 0 aliphatic heterocycles. The van der Waals surface area contributed by atoms with Crippen molar-refractivity contribution in [1.29, 1.82) is 0 Å². The molecular weight excluding hydrogens is 264 g/mol. The number of nitrogens with one attached hydrogen (secondary N) is 2. The van der Waals surface area contributed by atoms with Crippen LogP contribution >= 0.6 is 12.2 Å². The van der Waals surface area contributed by atoms with Gasteiger partial charge < -0.3 is 15.0 Å². The molecule has 2 heterocycles. The number of rotatable bonds is 5. The number of aromatic amines is 1. The fourth-order valence-corrected chi connectivity index (χ4v) is 2.07. The van der Waals surface area contributed by atoms with Crippen molar-refractivity contribution < 1.29 is 9.53 Å². The number of nitrogens with zero attached hydrogens (tertiary/aromatic N) is 2. The van der Waals surface area contributed by atoms with Gasteiger partial charge in [0.25, 0.3) is 0 Å². The van der Waals surface area contributed by atoms with Crippen molar-refractivity contribution in [2.75, 3.05) is 20.3 Å². The SMILES string of the molecule is COCCNC(=O)Cn1c(=S)[nH]c2c(C)ccnc21. The lowest BCUT2D eigenvalue weighted by Crippen LogP contribution is -2.30. The predicted molar refractivity (Wildman–Crippen MR) is 74.5 cm³/mol. The van der Waals surface area contributed by atoms with Crippen molar-refractivity contribution in [3.8, 4) is 0 Å². The van der Waals surface area contributed by atoms with Crippen molar-refractivity contribution in [3.05, 3.63) is 22.6 Å². The summed E-state index contributed by atoms with van der Waals surface area (Å²) >= 11 is 5.23. The van der Waals surface area contributed by atoms with Gasteiger partial charge in [0.05, 0.1) is 12.1 Å². The van der Waals surface area contributed by atoms with Crippen LogP contribution in [0.4, 0.5) is 0 Å². The number of methoxy groups -OCH3 is 1. The molecule has 19 heavy (non-hydrogen) atoms. The fraction of sp³-hybridized carbons (Fsp3) is 0.417. The van der Waals surface area contributed by atoms with Crippen LogP contribution in [0.15, 0.2) is 12.3 Å². The molecule has 2 rings (SSSR count). The first-order chi connectivity index (χ1) is 9.13. The summed E-state index contributed by atoms with van der Waals surface area (Å²) in [4.78, 5) is 19.1. The molecule has 102 valence electrons. The Morgan fingerprint density at radius 3 is 3.16 bits per heavy atom. The first kappa shape index (κ1) is 13.7. The standard InChI is InChI=1S/C12H16N4O2S/c1-8-3-4-14-11-10(8)15-12(19)16(11)7-9(17)13-5-6-18-2/h3-4H,5-7H2,1-2H3,(H,13,17)(H,15,19). The number of hydrogen-bond acceptors (Lipinski definition) is 4. The summed E-state index contributed by atoms with van der Waals surface area (Å²) < 4.78 is 7.07. The highest BCUT2D eigenvalue weighted by molar-refractivity contribution is 7.71. The topological polar surface area (TPSA) is 71.9 Å². The molecule has 2 N–H and O–H groups in total. The lowest BCUT2D eigenvalue weighted by Gasteiger charge is -2.06. The summed E-state index contributed by atoms with van der Waals surface area (Å²) in [6, 6.07) is 1.90. The third kappa shape index (κ3) is 2.99. The normalized spacial score (nSPS) is 10.8. The minimum Gasteiger partial charge on any atom is -0.383 e. The summed E-state index contributed by atoms with van der Waals surface area (Å²) in [7, 11) is 1.59. The highest BCUT2D eigenvalue weighted by atomic mass is 32.1. The molecule has 0 aliphatic carbocycles. The predicted octanol–water partition coefficient (Wildman–Crippen LogP) is 1.16. The van der Waals surface area contributed by atoms with Gasteiger partial charge in [-0.15, -0.1) is 0 Å². The number of aryl methyl sites for hydroxylation is 1. The second-order valence-corrected chi connectivity index (χ2v) is 4.57. The van der Waals surface area contributed by atoms with Crippen molar-refractivity contribution in [2.45, 2.75) is 13.5 Å². The summed E-state index contributed by atoms with van der Waals surface area (Å²) in [6.07, 6.45) is 1.71. The van der Waals surface area contributed by atoms with Crippen LogP contribution in [0.2, 0.25) is 0 Å². The van der Waals surface area contributed by atoms with Gasteiger partial charge in [-0.2, -0.15) is 0 Å². The molecule has 0 spiro atoms. The van der Waals surface area contributed by atoms with Gasteiger partial charge in [-0.05, 0) is 30.8 Å². The van der Waals surface area contributed by atoms with E-state index in [1.165, 1.54) is 0 Å². The van der Waals surface area contributed by atoms with Gasteiger partial charge in [-0.3, -0.25) is 9.36 Å². The second kappa shape index (κ2) is 5.94. The lowest BCUT2D eigenvalue weighted by molar-refractivity contribution is -0.121. The van der Waals surface area contributed by atoms with Crippen molar-refractivity contribution in [3.63, 3.8) is 0 Å². The van der Waals surface area contributed by atoms with E-state index in [4.69, 9.17) is 17.0 Å². The molecule has 0 saturated heterocycles. The van der Waals surface area contributed by atoms with E-state index in [0.717, 1.165) is 11.1 Å². The fourth-order valence-electron chi connectivity index (χ4n) is 1.81. The second-order valence-electron chi connectivity index (χ2n) is 4.19. The van der Waals surface area contributed by atoms with Gasteiger partial charge in [-0.1, -0.05) is 0 Å². The van der Waals surface area contributed by atoms with Gasteiger partial charge in [0.2, 0.25) is 5.91 Å². The Kier molecular flexibility index (Phi) is 4.28. The molecule has 6 nitrogen and oxygen atoms in total. The van der Waals surface area contributed by atoms with Crippen LogP contribution < -0.4 is 5.32 Å². The molecule has 0 aliphatic rings. The number of fused-ring (bicyclic) bond motifs is 1. The van der Waals surface area contributed by atoms with Crippen molar-refractivity contribution >= 4 is 29.3 Å². The minimum atomic E-state index is -0.114. The first-order valence-electron chi connectivity index (χ1n) is 5.93. The Morgan fingerprint density at radius 2 is 2.42 bits per heavy atom. The quantitative estimate of drug-likeness (QED) is 0.637. The van der Waals surface area contributed by atoms with Crippen LogP contribution in [-0.2, 0) is 16.1 Å². The van der Waals surface area contributed by atoms with Gasteiger partial charge in [0.15, 0.2) is 10.4 Å². The number of H-pyrrole nitrogens is 1. The van der Waals surface area contributed by atoms with Gasteiger partial charge in [0, 0.05) is 19.9 Å². The molecule has 2 aromatic heterocycles. The molecule has 0 atom stereocenters. The average molecular weight is 280 g/mol. The Balaban J connectivity index is 2.21. The van der Waals surface area contributed by atoms with E-state index >= 15 is 0 Å². The monoisotopic (exact) mass is 280 g/mol. The largest absolute Gasteiger partial charge is 0.383 e. The maximum absolute atomic E-state index is 11.8. The Morgan fingerprint density at radius 1 is 1.63 bits per heavy atom. The van der Waals surface area contributed by atoms with Crippen LogP contribution in [0.25, 0.3) is 11.2 Å². The molecule has 1 amide bonds. The zero-order chi connectivity index (χ0) is 13.8. The maximum Gasteiger partial charge on any atom is 0.240 e. The van der Waals surface area contributed by atoms with Crippen LogP contribution in [0, 0.1) is 11.7 Å². The van der Waals surface area contributed by atoms with Crippen LogP contribution in [-0.4, -0.2) is 40.7 Å². The summed E-state index contributed by atoms with van der Waals surface area (Å²) in [5.41, 5.74) is 2.62. The van der Waals surface area contributed by atoms with Crippen molar-refractivity contribution in [2.24, 2.45) is 0 Å². The van der Waals surface area contributed by atoms with Gasteiger partial charge in [0.1, 0.15) is 6.54 Å². The molecule has 0 saturated carbocycles. The number of ether oxygens (including phenoxy) is 1. The minimum absolute atomic E-state index is 0.114. The van der Waals surface area contributed by atoms with Gasteiger partial charge in [-0.25, -0.2) is 4.98 Å². The van der Waals surface area contributed by atoms with Gasteiger partial charge >= 0.3 is 0 Å². The number of pyridine rings is 1. The number of carbonyl (C=O) groups is 1. The van der Waals surface area contributed by atoms with Crippen LogP contribution in [0.5, 0.6) is 0 Å². The van der Waals surface area contributed by atoms with E-state index in [9.17, 15) is 4.79 Å². The third-order valence-electron chi connectivity index (χ3n) is 2.80. The van der Waals surface area contributed by atoms with Crippen LogP contribution in [0.3, 0.4) is 0 Å². The first-order valence-corrected chi connectivity index (χ1v) is 6.34. The Bertz CT molecular complexity index is 647. The lowest BCUT2D eigenvalue weighted by atomic mass is 10.3. The van der Waals surface area contributed by atoms with Crippen molar-refractivity contribution in [1.82, 2.24) is 19.9 Å². The molecular formula is C12H16N4O2S. The third-order valence-corrected chi connectivity index (χ3v) is 3.12. The smallest absolute Gasteiger partial charge is 0.240 e. The average Bonchev–Trinajstić information content (AvgIpc) is 2.69. The molecule has 0 bridgehead atoms. The zero-order valence-electron chi connectivity index (χ0n) is 10.9. The Labute approximate surface area is 115 Å². The van der Waals surface area contributed by atoms with E-state index in [2.05, 4.69) is 15.3 Å². The number of aromatic nitrogens is 3. The maximum atomic E-state index is 11.8. The molecule has 0 unspecified atom stereocenters. The van der Waals surface area contributed by atoms with E-state index in [0.29, 0.717) is 23.6 Å². The van der Waals surface area contributed by atoms with E-state index in [1.54, 1.807) is 17.9 Å². The summed E-state index contributed by atoms with van der Waals surface area (Å²) in [5.74, 6) is -0.114. The summed E-state index contributed by atoms with van der Waals surface area (Å²) in [5, 5.41) is 2.76.